The van der Waals surface area contributed by atoms with Gasteiger partial charge in [-0.25, -0.2) is 4.68 Å². The lowest BCUT2D eigenvalue weighted by molar-refractivity contribution is 0.101. The molecule has 0 bridgehead atoms. The van der Waals surface area contributed by atoms with Crippen LogP contribution >= 0.6 is 0 Å². The summed E-state index contributed by atoms with van der Waals surface area (Å²) in [4.78, 5) is 26.8. The van der Waals surface area contributed by atoms with Crippen molar-refractivity contribution in [1.82, 2.24) is 9.78 Å². The van der Waals surface area contributed by atoms with Crippen molar-refractivity contribution in [3.63, 3.8) is 0 Å². The minimum absolute atomic E-state index is 0.203. The van der Waals surface area contributed by atoms with E-state index < -0.39 is 0 Å². The number of aromatic nitrogens is 2. The van der Waals surface area contributed by atoms with E-state index in [0.717, 1.165) is 37.3 Å². The van der Waals surface area contributed by atoms with Gasteiger partial charge < -0.3 is 15.0 Å². The zero-order valence-electron chi connectivity index (χ0n) is 15.0. The maximum atomic E-state index is 12.6. The van der Waals surface area contributed by atoms with Crippen molar-refractivity contribution in [3.8, 4) is 0 Å². The second-order valence-corrected chi connectivity index (χ2v) is 6.29. The summed E-state index contributed by atoms with van der Waals surface area (Å²) < 4.78 is 6.22. The number of carbonyl (C=O) groups excluding carboxylic acids is 1. The monoisotopic (exact) mass is 356 g/mol. The fraction of sp³-hybridized carbons (Fsp3) is 0.421. The highest BCUT2D eigenvalue weighted by molar-refractivity contribution is 6.04. The van der Waals surface area contributed by atoms with Crippen LogP contribution in [0.5, 0.6) is 0 Å². The molecule has 7 heteroatoms. The van der Waals surface area contributed by atoms with Crippen LogP contribution in [0.2, 0.25) is 0 Å². The van der Waals surface area contributed by atoms with Gasteiger partial charge in [-0.15, -0.1) is 0 Å². The van der Waals surface area contributed by atoms with Crippen LogP contribution in [0.15, 0.2) is 41.2 Å². The largest absolute Gasteiger partial charge is 0.383 e. The molecule has 138 valence electrons. The van der Waals surface area contributed by atoms with Gasteiger partial charge in [0, 0.05) is 26.3 Å². The second kappa shape index (κ2) is 8.62. The molecule has 1 aromatic heterocycles. The minimum Gasteiger partial charge on any atom is -0.383 e. The lowest BCUT2D eigenvalue weighted by Crippen LogP contribution is -2.31. The summed E-state index contributed by atoms with van der Waals surface area (Å²) in [5, 5.41) is 7.08. The van der Waals surface area contributed by atoms with Gasteiger partial charge >= 0.3 is 0 Å². The van der Waals surface area contributed by atoms with Crippen molar-refractivity contribution in [1.29, 1.82) is 0 Å². The molecule has 0 atom stereocenters. The molecule has 1 saturated heterocycles. The molecule has 0 aliphatic carbocycles. The Morgan fingerprint density at radius 1 is 1.15 bits per heavy atom. The molecule has 0 radical (unpaired) electrons. The van der Waals surface area contributed by atoms with Gasteiger partial charge in [-0.3, -0.25) is 9.59 Å². The van der Waals surface area contributed by atoms with Crippen LogP contribution in [0.25, 0.3) is 0 Å². The first-order chi connectivity index (χ1) is 12.7. The third kappa shape index (κ3) is 4.29. The highest BCUT2D eigenvalue weighted by atomic mass is 16.5. The number of carbonyl (C=O) groups is 1. The van der Waals surface area contributed by atoms with Crippen LogP contribution in [-0.4, -0.2) is 42.5 Å². The Labute approximate surface area is 152 Å². The molecular formula is C19H24N4O3. The molecule has 0 saturated carbocycles. The van der Waals surface area contributed by atoms with E-state index in [0.29, 0.717) is 13.2 Å². The Bertz CT molecular complexity index is 812. The molecular weight excluding hydrogens is 332 g/mol. The van der Waals surface area contributed by atoms with Gasteiger partial charge in [0.15, 0.2) is 0 Å². The smallest absolute Gasteiger partial charge is 0.276 e. The Morgan fingerprint density at radius 3 is 2.69 bits per heavy atom. The molecule has 0 spiro atoms. The number of piperidine rings is 1. The molecule has 1 aliphatic rings. The molecule has 1 aromatic carbocycles. The number of hydrogen-bond donors (Lipinski definition) is 1. The van der Waals surface area contributed by atoms with Crippen molar-refractivity contribution in [3.05, 3.63) is 52.4 Å². The third-order valence-corrected chi connectivity index (χ3v) is 4.46. The molecule has 1 aliphatic heterocycles. The van der Waals surface area contributed by atoms with Crippen molar-refractivity contribution in [2.45, 2.75) is 25.8 Å². The number of rotatable bonds is 6. The molecule has 0 unspecified atom stereocenters. The van der Waals surface area contributed by atoms with Gasteiger partial charge in [0.25, 0.3) is 11.5 Å². The molecule has 2 heterocycles. The predicted molar refractivity (Wildman–Crippen MR) is 101 cm³/mol. The maximum Gasteiger partial charge on any atom is 0.276 e. The van der Waals surface area contributed by atoms with Gasteiger partial charge in [0.1, 0.15) is 5.69 Å². The maximum absolute atomic E-state index is 12.6. The number of nitrogens with one attached hydrogen (secondary N) is 1. The number of methoxy groups -OCH3 is 1. The molecule has 26 heavy (non-hydrogen) atoms. The van der Waals surface area contributed by atoms with E-state index >= 15 is 0 Å². The van der Waals surface area contributed by atoms with E-state index in [1.165, 1.54) is 23.2 Å². The Hall–Kier alpha value is -2.67. The predicted octanol–water partition coefficient (Wildman–Crippen LogP) is 2.13. The van der Waals surface area contributed by atoms with E-state index in [4.69, 9.17) is 4.74 Å². The van der Waals surface area contributed by atoms with E-state index in [1.807, 2.05) is 24.3 Å². The van der Waals surface area contributed by atoms with E-state index in [9.17, 15) is 9.59 Å². The van der Waals surface area contributed by atoms with Crippen LogP contribution in [0.1, 0.15) is 29.8 Å². The minimum atomic E-state index is -0.333. The molecule has 7 nitrogen and oxygen atoms in total. The molecule has 1 amide bonds. The normalized spacial score (nSPS) is 14.3. The highest BCUT2D eigenvalue weighted by Gasteiger charge is 2.17. The van der Waals surface area contributed by atoms with Crippen molar-refractivity contribution in [2.75, 3.05) is 37.0 Å². The summed E-state index contributed by atoms with van der Waals surface area (Å²) in [5.74, 6) is -0.333. The molecule has 2 aromatic rings. The number of benzene rings is 1. The second-order valence-electron chi connectivity index (χ2n) is 6.29. The van der Waals surface area contributed by atoms with E-state index in [1.54, 1.807) is 7.11 Å². The zero-order chi connectivity index (χ0) is 18.4. The first-order valence-corrected chi connectivity index (χ1v) is 8.91. The number of para-hydroxylation sites is 2. The van der Waals surface area contributed by atoms with Gasteiger partial charge in [-0.1, -0.05) is 12.1 Å². The molecule has 1 N–H and O–H groups in total. The summed E-state index contributed by atoms with van der Waals surface area (Å²) in [5.41, 5.74) is 1.73. The highest BCUT2D eigenvalue weighted by Crippen LogP contribution is 2.28. The lowest BCUT2D eigenvalue weighted by atomic mass is 10.1. The van der Waals surface area contributed by atoms with E-state index in [-0.39, 0.29) is 17.2 Å². The SMILES string of the molecule is COCCn1nc(C(=O)Nc2ccccc2N2CCCCC2)ccc1=O. The summed E-state index contributed by atoms with van der Waals surface area (Å²) >= 11 is 0. The zero-order valence-corrected chi connectivity index (χ0v) is 15.0. The average Bonchev–Trinajstić information content (AvgIpc) is 2.68. The lowest BCUT2D eigenvalue weighted by Gasteiger charge is -2.30. The number of anilines is 2. The fourth-order valence-electron chi connectivity index (χ4n) is 3.08. The summed E-state index contributed by atoms with van der Waals surface area (Å²) in [7, 11) is 1.55. The van der Waals surface area contributed by atoms with Gasteiger partial charge in [-0.05, 0) is 37.5 Å². The summed E-state index contributed by atoms with van der Waals surface area (Å²) in [6, 6.07) is 10.6. The summed E-state index contributed by atoms with van der Waals surface area (Å²) in [6.07, 6.45) is 3.57. The average molecular weight is 356 g/mol. The Kier molecular flexibility index (Phi) is 6.01. The summed E-state index contributed by atoms with van der Waals surface area (Å²) in [6.45, 7) is 2.65. The number of ether oxygens (including phenoxy) is 1. The van der Waals surface area contributed by atoms with Gasteiger partial charge in [0.05, 0.1) is 24.5 Å². The topological polar surface area (TPSA) is 76.5 Å². The Morgan fingerprint density at radius 2 is 1.92 bits per heavy atom. The van der Waals surface area contributed by atoms with Crippen LogP contribution in [0, 0.1) is 0 Å². The third-order valence-electron chi connectivity index (χ3n) is 4.46. The van der Waals surface area contributed by atoms with Crippen LogP contribution < -0.4 is 15.8 Å². The van der Waals surface area contributed by atoms with Crippen molar-refractivity contribution < 1.29 is 9.53 Å². The van der Waals surface area contributed by atoms with E-state index in [2.05, 4.69) is 15.3 Å². The molecule has 1 fully saturated rings. The van der Waals surface area contributed by atoms with Gasteiger partial charge in [-0.2, -0.15) is 5.10 Å². The fourth-order valence-corrected chi connectivity index (χ4v) is 3.08. The number of hydrogen-bond acceptors (Lipinski definition) is 5. The molecule has 3 rings (SSSR count). The number of amides is 1. The number of nitrogens with zero attached hydrogens (tertiary/aromatic N) is 3. The van der Waals surface area contributed by atoms with Crippen LogP contribution in [0.4, 0.5) is 11.4 Å². The van der Waals surface area contributed by atoms with Crippen LogP contribution in [-0.2, 0) is 11.3 Å². The Balaban J connectivity index is 1.79. The van der Waals surface area contributed by atoms with Gasteiger partial charge in [0.2, 0.25) is 0 Å². The van der Waals surface area contributed by atoms with Crippen LogP contribution in [0.3, 0.4) is 0 Å². The van der Waals surface area contributed by atoms with Crippen molar-refractivity contribution in [2.24, 2.45) is 0 Å². The quantitative estimate of drug-likeness (QED) is 0.858. The van der Waals surface area contributed by atoms with Crippen molar-refractivity contribution >= 4 is 17.3 Å². The standard InChI is InChI=1S/C19H24N4O3/c1-26-14-13-23-18(24)10-9-16(21-23)19(25)20-15-7-3-4-8-17(15)22-11-5-2-6-12-22/h3-4,7-10H,2,5-6,11-14H2,1H3,(H,20,25). The first-order valence-electron chi connectivity index (χ1n) is 8.91. The first kappa shape index (κ1) is 18.1.